The minimum atomic E-state index is -0.804. The van der Waals surface area contributed by atoms with Crippen LogP contribution in [-0.4, -0.2) is 35.6 Å². The Morgan fingerprint density at radius 2 is 1.97 bits per heavy atom. The summed E-state index contributed by atoms with van der Waals surface area (Å²) in [6.45, 7) is 1.99. The lowest BCUT2D eigenvalue weighted by Gasteiger charge is -2.20. The van der Waals surface area contributed by atoms with Gasteiger partial charge in [-0.2, -0.15) is 5.26 Å². The molecule has 0 bridgehead atoms. The molecule has 2 aromatic carbocycles. The third-order valence-electron chi connectivity index (χ3n) is 7.77. The highest BCUT2D eigenvalue weighted by molar-refractivity contribution is 6.02. The number of nitrogens with one attached hydrogen (secondary N) is 2. The Morgan fingerprint density at radius 3 is 2.70 bits per heavy atom. The highest BCUT2D eigenvalue weighted by Gasteiger charge is 2.36. The maximum Gasteiger partial charge on any atom is 0.224 e. The van der Waals surface area contributed by atoms with Crippen molar-refractivity contribution in [1.82, 2.24) is 10.3 Å². The zero-order valence-corrected chi connectivity index (χ0v) is 21.2. The quantitative estimate of drug-likeness (QED) is 0.392. The van der Waals surface area contributed by atoms with Crippen LogP contribution < -0.4 is 10.1 Å². The van der Waals surface area contributed by atoms with Gasteiger partial charge in [0.25, 0.3) is 0 Å². The number of amides is 1. The Hall–Kier alpha value is -3.92. The molecule has 7 heteroatoms. The van der Waals surface area contributed by atoms with Gasteiger partial charge in [0.1, 0.15) is 17.6 Å². The molecular formula is C30H31N3O4. The fraction of sp³-hybridized carbons (Fsp3) is 0.400. The van der Waals surface area contributed by atoms with Crippen molar-refractivity contribution < 1.29 is 19.1 Å². The lowest BCUT2D eigenvalue weighted by molar-refractivity contribution is -0.126. The van der Waals surface area contributed by atoms with Gasteiger partial charge in [0.05, 0.1) is 18.9 Å². The molecule has 2 N–H and O–H groups in total. The molecule has 0 saturated heterocycles. The average Bonchev–Trinajstić information content (AvgIpc) is 3.50. The third kappa shape index (κ3) is 5.15. The van der Waals surface area contributed by atoms with Gasteiger partial charge < -0.3 is 15.0 Å². The van der Waals surface area contributed by atoms with Crippen molar-refractivity contribution in [1.29, 1.82) is 5.26 Å². The number of H-pyrrole nitrogens is 1. The van der Waals surface area contributed by atoms with Crippen LogP contribution in [0.4, 0.5) is 0 Å². The normalized spacial score (nSPS) is 18.2. The Bertz CT molecular complexity index is 1410. The second kappa shape index (κ2) is 10.2. The van der Waals surface area contributed by atoms with Gasteiger partial charge in [-0.1, -0.05) is 37.1 Å². The summed E-state index contributed by atoms with van der Waals surface area (Å²) in [5, 5.41) is 13.5. The average molecular weight is 498 g/mol. The number of nitriles is 1. The third-order valence-corrected chi connectivity index (χ3v) is 7.77. The van der Waals surface area contributed by atoms with E-state index in [1.807, 2.05) is 43.3 Å². The number of carbonyl (C=O) groups is 3. The van der Waals surface area contributed by atoms with Crippen molar-refractivity contribution in [3.05, 3.63) is 64.8 Å². The number of nitrogens with zero attached hydrogens (tertiary/aromatic N) is 1. The Balaban J connectivity index is 1.29. The first kappa shape index (κ1) is 24.8. The number of hydrogen-bond donors (Lipinski definition) is 2. The van der Waals surface area contributed by atoms with E-state index in [-0.39, 0.29) is 30.3 Å². The predicted octanol–water partition coefficient (Wildman–Crippen LogP) is 4.78. The van der Waals surface area contributed by atoms with E-state index in [2.05, 4.69) is 16.4 Å². The van der Waals surface area contributed by atoms with Crippen molar-refractivity contribution >= 4 is 28.4 Å². The summed E-state index contributed by atoms with van der Waals surface area (Å²) in [5.41, 5.74) is 4.30. The van der Waals surface area contributed by atoms with Crippen LogP contribution in [0.15, 0.2) is 42.5 Å². The Labute approximate surface area is 216 Å². The van der Waals surface area contributed by atoms with Crippen LogP contribution in [0.1, 0.15) is 65.2 Å². The van der Waals surface area contributed by atoms with Crippen LogP contribution in [0.2, 0.25) is 0 Å². The van der Waals surface area contributed by atoms with Crippen LogP contribution >= 0.6 is 0 Å². The number of ketones is 2. The van der Waals surface area contributed by atoms with Crippen LogP contribution in [0, 0.1) is 30.1 Å². The second-order valence-electron chi connectivity index (χ2n) is 10.4. The lowest BCUT2D eigenvalue weighted by Crippen LogP contribution is -2.40. The van der Waals surface area contributed by atoms with Gasteiger partial charge >= 0.3 is 0 Å². The van der Waals surface area contributed by atoms with E-state index in [1.165, 1.54) is 0 Å². The zero-order chi connectivity index (χ0) is 26.1. The molecule has 190 valence electrons. The molecule has 2 aliphatic rings. The molecule has 1 amide bonds. The van der Waals surface area contributed by atoms with Gasteiger partial charge in [0, 0.05) is 35.6 Å². The fourth-order valence-corrected chi connectivity index (χ4v) is 5.52. The first-order chi connectivity index (χ1) is 17.9. The molecule has 1 saturated carbocycles. The molecule has 3 unspecified atom stereocenters. The van der Waals surface area contributed by atoms with Crippen LogP contribution in [0.5, 0.6) is 5.75 Å². The number of benzene rings is 2. The second-order valence-corrected chi connectivity index (χ2v) is 10.4. The molecule has 5 rings (SSSR count). The number of aromatic nitrogens is 1. The monoisotopic (exact) mass is 497 g/mol. The number of carbonyl (C=O) groups excluding carboxylic acids is 3. The van der Waals surface area contributed by atoms with Gasteiger partial charge in [-0.15, -0.1) is 0 Å². The van der Waals surface area contributed by atoms with Crippen molar-refractivity contribution in [3.8, 4) is 11.8 Å². The number of fused-ring (bicyclic) bond motifs is 2. The predicted molar refractivity (Wildman–Crippen MR) is 139 cm³/mol. The minimum Gasteiger partial charge on any atom is -0.496 e. The fourth-order valence-electron chi connectivity index (χ4n) is 5.52. The van der Waals surface area contributed by atoms with Crippen molar-refractivity contribution in [2.75, 3.05) is 7.11 Å². The number of methoxy groups -OCH3 is 1. The molecule has 37 heavy (non-hydrogen) atoms. The van der Waals surface area contributed by atoms with Gasteiger partial charge in [-0.25, -0.2) is 0 Å². The Morgan fingerprint density at radius 1 is 1.19 bits per heavy atom. The maximum absolute atomic E-state index is 13.3. The van der Waals surface area contributed by atoms with E-state index in [9.17, 15) is 19.6 Å². The number of aryl methyl sites for hydroxylation is 1. The molecular weight excluding hydrogens is 466 g/mol. The number of rotatable bonds is 10. The Kier molecular flexibility index (Phi) is 6.84. The van der Waals surface area contributed by atoms with Crippen molar-refractivity contribution in [2.24, 2.45) is 11.8 Å². The van der Waals surface area contributed by atoms with Crippen LogP contribution in [0.25, 0.3) is 10.9 Å². The molecule has 7 nitrogen and oxygen atoms in total. The van der Waals surface area contributed by atoms with Crippen molar-refractivity contribution in [3.63, 3.8) is 0 Å². The topological polar surface area (TPSA) is 112 Å². The molecule has 0 radical (unpaired) electrons. The zero-order valence-electron chi connectivity index (χ0n) is 21.2. The maximum atomic E-state index is 13.3. The van der Waals surface area contributed by atoms with E-state index >= 15 is 0 Å². The summed E-state index contributed by atoms with van der Waals surface area (Å²) in [4.78, 5) is 42.5. The smallest absolute Gasteiger partial charge is 0.224 e. The van der Waals surface area contributed by atoms with Gasteiger partial charge in [0.2, 0.25) is 5.91 Å². The van der Waals surface area contributed by atoms with Gasteiger partial charge in [-0.05, 0) is 60.6 Å². The largest absolute Gasteiger partial charge is 0.496 e. The number of Topliss-reactive ketones (excluding diaryl/α,β-unsaturated/α-hetero) is 2. The molecule has 1 heterocycles. The SMILES string of the molecule is COc1cccc2[nH]c(C(=O)CC(CC3CC3)C(=O)NC(C#N)CC3C(=O)Cc4c(C)cccc43)cc12. The number of aromatic amines is 1. The van der Waals surface area contributed by atoms with Crippen molar-refractivity contribution in [2.45, 2.75) is 57.4 Å². The molecule has 0 aliphatic heterocycles. The minimum absolute atomic E-state index is 0.0556. The molecule has 3 aromatic rings. The van der Waals surface area contributed by atoms with Crippen LogP contribution in [-0.2, 0) is 16.0 Å². The first-order valence-corrected chi connectivity index (χ1v) is 12.9. The standard InChI is InChI=1S/C30H31N3O4/c1-17-5-3-6-21-22(17)15-27(34)23(21)13-20(16-31)32-30(36)19(11-18-9-10-18)12-28(35)26-14-24-25(33-26)7-4-8-29(24)37-2/h3-8,14,18-20,23,33H,9-13,15H2,1-2H3,(H,32,36). The van der Waals surface area contributed by atoms with Gasteiger partial charge in [0.15, 0.2) is 5.78 Å². The first-order valence-electron chi connectivity index (χ1n) is 12.9. The number of hydrogen-bond acceptors (Lipinski definition) is 5. The highest BCUT2D eigenvalue weighted by Crippen LogP contribution is 2.38. The summed E-state index contributed by atoms with van der Waals surface area (Å²) >= 11 is 0. The molecule has 0 spiro atoms. The summed E-state index contributed by atoms with van der Waals surface area (Å²) < 4.78 is 5.40. The summed E-state index contributed by atoms with van der Waals surface area (Å²) in [5.74, 6) is -0.188. The summed E-state index contributed by atoms with van der Waals surface area (Å²) in [6.07, 6.45) is 3.38. The molecule has 1 fully saturated rings. The highest BCUT2D eigenvalue weighted by atomic mass is 16.5. The van der Waals surface area contributed by atoms with E-state index in [1.54, 1.807) is 13.2 Å². The molecule has 2 aliphatic carbocycles. The van der Waals surface area contributed by atoms with Crippen LogP contribution in [0.3, 0.4) is 0 Å². The van der Waals surface area contributed by atoms with E-state index in [0.717, 1.165) is 40.4 Å². The number of ether oxygens (including phenoxy) is 1. The summed E-state index contributed by atoms with van der Waals surface area (Å²) in [6, 6.07) is 14.6. The molecule has 1 aromatic heterocycles. The summed E-state index contributed by atoms with van der Waals surface area (Å²) in [7, 11) is 1.59. The van der Waals surface area contributed by atoms with Gasteiger partial charge in [-0.3, -0.25) is 14.4 Å². The lowest BCUT2D eigenvalue weighted by atomic mass is 9.91. The van der Waals surface area contributed by atoms with E-state index < -0.39 is 17.9 Å². The molecule has 3 atom stereocenters. The van der Waals surface area contributed by atoms with E-state index in [0.29, 0.717) is 30.2 Å². The van der Waals surface area contributed by atoms with E-state index in [4.69, 9.17) is 4.74 Å².